The van der Waals surface area contributed by atoms with Crippen molar-refractivity contribution in [3.05, 3.63) is 42.5 Å². The number of nitrogens with one attached hydrogen (secondary N) is 2. The van der Waals surface area contributed by atoms with Crippen LogP contribution in [0.1, 0.15) is 25.7 Å². The van der Waals surface area contributed by atoms with Gasteiger partial charge in [-0.05, 0) is 35.7 Å². The number of carbonyl (C=O) groups excluding carboxylic acids is 2. The van der Waals surface area contributed by atoms with Gasteiger partial charge in [-0.3, -0.25) is 9.59 Å². The fourth-order valence-corrected chi connectivity index (χ4v) is 3.34. The molecular formula is C19H22N2O3. The molecule has 0 heterocycles. The maximum absolute atomic E-state index is 12.2. The molecular weight excluding hydrogens is 304 g/mol. The summed E-state index contributed by atoms with van der Waals surface area (Å²) in [5.41, 5.74) is -0.779. The third kappa shape index (κ3) is 3.35. The van der Waals surface area contributed by atoms with Crippen molar-refractivity contribution < 1.29 is 14.3 Å². The third-order valence-corrected chi connectivity index (χ3v) is 4.59. The van der Waals surface area contributed by atoms with E-state index in [-0.39, 0.29) is 18.4 Å². The fraction of sp³-hybridized carbons (Fsp3) is 0.368. The molecule has 2 N–H and O–H groups in total. The largest absolute Gasteiger partial charge is 0.484 e. The molecule has 126 valence electrons. The van der Waals surface area contributed by atoms with Crippen LogP contribution in [0.4, 0.5) is 0 Å². The summed E-state index contributed by atoms with van der Waals surface area (Å²) in [6.45, 7) is -0.100. The van der Waals surface area contributed by atoms with Crippen LogP contribution in [0.2, 0.25) is 0 Å². The highest BCUT2D eigenvalue weighted by molar-refractivity contribution is 5.92. The van der Waals surface area contributed by atoms with Crippen LogP contribution in [0.25, 0.3) is 10.8 Å². The average Bonchev–Trinajstić information content (AvgIpc) is 3.08. The smallest absolute Gasteiger partial charge is 0.258 e. The second-order valence-electron chi connectivity index (χ2n) is 6.21. The van der Waals surface area contributed by atoms with Crippen molar-refractivity contribution in [2.45, 2.75) is 31.2 Å². The van der Waals surface area contributed by atoms with Crippen LogP contribution < -0.4 is 15.4 Å². The van der Waals surface area contributed by atoms with E-state index in [0.29, 0.717) is 18.6 Å². The number of rotatable bonds is 5. The molecule has 1 aliphatic rings. The molecule has 0 aromatic heterocycles. The van der Waals surface area contributed by atoms with Crippen molar-refractivity contribution in [3.8, 4) is 5.75 Å². The molecule has 5 heteroatoms. The summed E-state index contributed by atoms with van der Waals surface area (Å²) in [6.07, 6.45) is 3.24. The second kappa shape index (κ2) is 6.91. The Kier molecular flexibility index (Phi) is 4.69. The maximum atomic E-state index is 12.2. The Bertz CT molecular complexity index is 751. The Morgan fingerprint density at radius 3 is 2.50 bits per heavy atom. The molecule has 0 spiro atoms. The third-order valence-electron chi connectivity index (χ3n) is 4.59. The zero-order valence-electron chi connectivity index (χ0n) is 13.8. The average molecular weight is 326 g/mol. The number of benzene rings is 2. The highest BCUT2D eigenvalue weighted by atomic mass is 16.5. The van der Waals surface area contributed by atoms with Gasteiger partial charge in [0.2, 0.25) is 5.91 Å². The van der Waals surface area contributed by atoms with E-state index in [2.05, 4.69) is 10.6 Å². The summed E-state index contributed by atoms with van der Waals surface area (Å²) in [5, 5.41) is 7.71. The van der Waals surface area contributed by atoms with Gasteiger partial charge in [-0.15, -0.1) is 0 Å². The quantitative estimate of drug-likeness (QED) is 0.886. The summed E-state index contributed by atoms with van der Waals surface area (Å²) in [5.74, 6) is 0.247. The van der Waals surface area contributed by atoms with Crippen LogP contribution in [0.5, 0.6) is 5.75 Å². The lowest BCUT2D eigenvalue weighted by Crippen LogP contribution is -2.57. The molecule has 5 nitrogen and oxygen atoms in total. The molecule has 2 aromatic rings. The number of hydrogen-bond acceptors (Lipinski definition) is 3. The van der Waals surface area contributed by atoms with Gasteiger partial charge in [0, 0.05) is 7.05 Å². The van der Waals surface area contributed by atoms with Crippen molar-refractivity contribution in [3.63, 3.8) is 0 Å². The molecule has 0 unspecified atom stereocenters. The fourth-order valence-electron chi connectivity index (χ4n) is 3.34. The minimum absolute atomic E-state index is 0.100. The maximum Gasteiger partial charge on any atom is 0.258 e. The number of ether oxygens (including phenoxy) is 1. The molecule has 0 aliphatic heterocycles. The first kappa shape index (κ1) is 16.3. The van der Waals surface area contributed by atoms with Gasteiger partial charge in [0.15, 0.2) is 6.61 Å². The van der Waals surface area contributed by atoms with Gasteiger partial charge in [-0.1, -0.05) is 43.2 Å². The number of likely N-dealkylation sites (N-methyl/N-ethyl adjacent to an activating group) is 1. The van der Waals surface area contributed by atoms with E-state index < -0.39 is 5.54 Å². The van der Waals surface area contributed by atoms with Crippen LogP contribution >= 0.6 is 0 Å². The topological polar surface area (TPSA) is 67.4 Å². The van der Waals surface area contributed by atoms with E-state index in [0.717, 1.165) is 23.6 Å². The number of hydrogen-bond donors (Lipinski definition) is 2. The van der Waals surface area contributed by atoms with Gasteiger partial charge in [0.1, 0.15) is 11.3 Å². The molecule has 0 saturated heterocycles. The standard InChI is InChI=1S/C19H22N2O3/c1-20-18(23)19(10-4-5-11-19)21-17(22)13-24-16-9-8-14-6-2-3-7-15(14)12-16/h2-3,6-9,12H,4-5,10-11,13H2,1H3,(H,20,23)(H,21,22). The molecule has 1 saturated carbocycles. The number of amides is 2. The van der Waals surface area contributed by atoms with Crippen LogP contribution in [0, 0.1) is 0 Å². The van der Waals surface area contributed by atoms with Crippen molar-refractivity contribution in [2.24, 2.45) is 0 Å². The van der Waals surface area contributed by atoms with E-state index in [1.54, 1.807) is 7.05 Å². The van der Waals surface area contributed by atoms with Crippen molar-refractivity contribution in [1.82, 2.24) is 10.6 Å². The lowest BCUT2D eigenvalue weighted by molar-refractivity contribution is -0.134. The molecule has 3 rings (SSSR count). The van der Waals surface area contributed by atoms with Gasteiger partial charge >= 0.3 is 0 Å². The van der Waals surface area contributed by atoms with Crippen molar-refractivity contribution in [2.75, 3.05) is 13.7 Å². The van der Waals surface area contributed by atoms with Gasteiger partial charge in [-0.25, -0.2) is 0 Å². The van der Waals surface area contributed by atoms with E-state index in [4.69, 9.17) is 4.74 Å². The Hall–Kier alpha value is -2.56. The summed E-state index contributed by atoms with van der Waals surface area (Å²) in [6, 6.07) is 13.7. The minimum atomic E-state index is -0.779. The zero-order chi connectivity index (χ0) is 17.0. The van der Waals surface area contributed by atoms with Gasteiger partial charge < -0.3 is 15.4 Å². The lowest BCUT2D eigenvalue weighted by atomic mass is 9.96. The minimum Gasteiger partial charge on any atom is -0.484 e. The number of carbonyl (C=O) groups is 2. The molecule has 24 heavy (non-hydrogen) atoms. The molecule has 2 aromatic carbocycles. The molecule has 0 bridgehead atoms. The van der Waals surface area contributed by atoms with Crippen LogP contribution in [0.3, 0.4) is 0 Å². The summed E-state index contributed by atoms with van der Waals surface area (Å²) in [4.78, 5) is 24.4. The van der Waals surface area contributed by atoms with Gasteiger partial charge in [0.25, 0.3) is 5.91 Å². The summed E-state index contributed by atoms with van der Waals surface area (Å²) < 4.78 is 5.60. The first-order valence-corrected chi connectivity index (χ1v) is 8.28. The Labute approximate surface area is 141 Å². The highest BCUT2D eigenvalue weighted by Crippen LogP contribution is 2.30. The van der Waals surface area contributed by atoms with E-state index in [1.165, 1.54) is 0 Å². The zero-order valence-corrected chi connectivity index (χ0v) is 13.8. The van der Waals surface area contributed by atoms with Crippen LogP contribution in [-0.2, 0) is 9.59 Å². The second-order valence-corrected chi connectivity index (χ2v) is 6.21. The van der Waals surface area contributed by atoms with Gasteiger partial charge in [-0.2, -0.15) is 0 Å². The predicted octanol–water partition coefficient (Wildman–Crippen LogP) is 2.39. The monoisotopic (exact) mass is 326 g/mol. The first-order chi connectivity index (χ1) is 11.6. The SMILES string of the molecule is CNC(=O)C1(NC(=O)COc2ccc3ccccc3c2)CCCC1. The molecule has 0 atom stereocenters. The Balaban J connectivity index is 1.62. The van der Waals surface area contributed by atoms with E-state index >= 15 is 0 Å². The molecule has 2 amide bonds. The summed E-state index contributed by atoms with van der Waals surface area (Å²) >= 11 is 0. The molecule has 1 fully saturated rings. The highest BCUT2D eigenvalue weighted by Gasteiger charge is 2.41. The summed E-state index contributed by atoms with van der Waals surface area (Å²) in [7, 11) is 1.60. The Morgan fingerprint density at radius 2 is 1.79 bits per heavy atom. The van der Waals surface area contributed by atoms with E-state index in [1.807, 2.05) is 42.5 Å². The van der Waals surface area contributed by atoms with Crippen molar-refractivity contribution in [1.29, 1.82) is 0 Å². The van der Waals surface area contributed by atoms with E-state index in [9.17, 15) is 9.59 Å². The van der Waals surface area contributed by atoms with Crippen LogP contribution in [0.15, 0.2) is 42.5 Å². The first-order valence-electron chi connectivity index (χ1n) is 8.28. The normalized spacial score (nSPS) is 15.9. The molecule has 0 radical (unpaired) electrons. The molecule has 1 aliphatic carbocycles. The van der Waals surface area contributed by atoms with Crippen molar-refractivity contribution >= 4 is 22.6 Å². The van der Waals surface area contributed by atoms with Crippen LogP contribution in [-0.4, -0.2) is 31.0 Å². The lowest BCUT2D eigenvalue weighted by Gasteiger charge is -2.28. The Morgan fingerprint density at radius 1 is 1.08 bits per heavy atom. The van der Waals surface area contributed by atoms with Gasteiger partial charge in [0.05, 0.1) is 0 Å². The number of fused-ring (bicyclic) bond motifs is 1. The predicted molar refractivity (Wildman–Crippen MR) is 92.9 cm³/mol.